The van der Waals surface area contributed by atoms with E-state index in [0.717, 1.165) is 10.5 Å². The number of morpholine rings is 1. The highest BCUT2D eigenvalue weighted by Gasteiger charge is 2.29. The van der Waals surface area contributed by atoms with Crippen molar-refractivity contribution in [1.29, 1.82) is 0 Å². The second-order valence-corrected chi connectivity index (χ2v) is 7.84. The molecule has 0 radical (unpaired) electrons. The summed E-state index contributed by atoms with van der Waals surface area (Å²) in [5.74, 6) is -0.646. The number of nitrogens with zero attached hydrogens (tertiary/aromatic N) is 3. The summed E-state index contributed by atoms with van der Waals surface area (Å²) in [6.45, 7) is 1.56. The summed E-state index contributed by atoms with van der Waals surface area (Å²) in [6.07, 6.45) is 2.10. The van der Waals surface area contributed by atoms with Gasteiger partial charge in [-0.25, -0.2) is 9.18 Å². The minimum absolute atomic E-state index is 0.0640. The Morgan fingerprint density at radius 1 is 1.22 bits per heavy atom. The first-order chi connectivity index (χ1) is 15.5. The summed E-state index contributed by atoms with van der Waals surface area (Å²) in [4.78, 5) is 43.6. The smallest absolute Gasteiger partial charge is 0.324 e. The van der Waals surface area contributed by atoms with Crippen LogP contribution in [0.5, 0.6) is 0 Å². The Morgan fingerprint density at radius 2 is 2.06 bits per heavy atom. The number of imide groups is 1. The molecule has 1 N–H and O–H groups in total. The highest BCUT2D eigenvalue weighted by atomic mass is 19.1. The average molecular weight is 440 g/mol. The Balaban J connectivity index is 1.33. The molecule has 1 aromatic heterocycles. The first kappa shape index (κ1) is 21.9. The van der Waals surface area contributed by atoms with Crippen molar-refractivity contribution in [3.63, 3.8) is 0 Å². The van der Waals surface area contributed by atoms with Crippen LogP contribution in [0, 0.1) is 5.82 Å². The zero-order valence-corrected chi connectivity index (χ0v) is 17.6. The SMILES string of the molecule is O=C(CCN1C(=O)CCNC1=O)N1CCOC(c2ccc(Cc3ccccc3F)cn2)C1. The molecule has 0 saturated carbocycles. The topological polar surface area (TPSA) is 91.8 Å². The standard InChI is InChI=1S/C23H25FN4O4/c24-18-4-2-1-3-17(18)13-16-5-6-19(26-14-16)20-15-27(11-12-32-20)21(29)8-10-28-22(30)7-9-25-23(28)31/h1-6,14,20H,7-13,15H2,(H,25,31). The van der Waals surface area contributed by atoms with Crippen LogP contribution >= 0.6 is 0 Å². The second-order valence-electron chi connectivity index (χ2n) is 7.84. The summed E-state index contributed by atoms with van der Waals surface area (Å²) in [6, 6.07) is 9.92. The molecule has 4 amide bonds. The predicted octanol–water partition coefficient (Wildman–Crippen LogP) is 2.04. The number of amides is 4. The molecule has 32 heavy (non-hydrogen) atoms. The van der Waals surface area contributed by atoms with Crippen molar-refractivity contribution in [2.45, 2.75) is 25.4 Å². The Bertz CT molecular complexity index is 982. The highest BCUT2D eigenvalue weighted by Crippen LogP contribution is 2.22. The van der Waals surface area contributed by atoms with Crippen LogP contribution in [0.4, 0.5) is 9.18 Å². The largest absolute Gasteiger partial charge is 0.368 e. The number of aromatic nitrogens is 1. The number of ether oxygens (including phenoxy) is 1. The Hall–Kier alpha value is -3.33. The molecule has 8 nitrogen and oxygen atoms in total. The third-order valence-corrected chi connectivity index (χ3v) is 5.66. The fourth-order valence-corrected chi connectivity index (χ4v) is 3.86. The Labute approximate surface area is 185 Å². The van der Waals surface area contributed by atoms with Gasteiger partial charge in [-0.2, -0.15) is 0 Å². The number of carbonyl (C=O) groups is 3. The van der Waals surface area contributed by atoms with Crippen LogP contribution < -0.4 is 5.32 Å². The molecule has 0 aliphatic carbocycles. The minimum Gasteiger partial charge on any atom is -0.368 e. The third kappa shape index (κ3) is 5.11. The van der Waals surface area contributed by atoms with Gasteiger partial charge in [0.05, 0.1) is 18.8 Å². The van der Waals surface area contributed by atoms with E-state index in [0.29, 0.717) is 43.9 Å². The first-order valence-electron chi connectivity index (χ1n) is 10.7. The molecule has 1 aromatic carbocycles. The number of carbonyl (C=O) groups excluding carboxylic acids is 3. The van der Waals surface area contributed by atoms with Gasteiger partial charge >= 0.3 is 6.03 Å². The molecule has 2 saturated heterocycles. The molecule has 0 spiro atoms. The van der Waals surface area contributed by atoms with Crippen molar-refractivity contribution >= 4 is 17.8 Å². The lowest BCUT2D eigenvalue weighted by atomic mass is 10.1. The lowest BCUT2D eigenvalue weighted by molar-refractivity contribution is -0.140. The van der Waals surface area contributed by atoms with Crippen molar-refractivity contribution in [2.24, 2.45) is 0 Å². The number of rotatable bonds is 6. The molecule has 0 bridgehead atoms. The third-order valence-electron chi connectivity index (χ3n) is 5.66. The van der Waals surface area contributed by atoms with Crippen LogP contribution in [0.3, 0.4) is 0 Å². The summed E-state index contributed by atoms with van der Waals surface area (Å²) in [7, 11) is 0. The van der Waals surface area contributed by atoms with Gasteiger partial charge in [0, 0.05) is 45.1 Å². The van der Waals surface area contributed by atoms with Crippen LogP contribution in [0.25, 0.3) is 0 Å². The number of urea groups is 1. The zero-order valence-electron chi connectivity index (χ0n) is 17.6. The van der Waals surface area contributed by atoms with Gasteiger partial charge in [-0.05, 0) is 23.3 Å². The Kier molecular flexibility index (Phi) is 6.75. The lowest BCUT2D eigenvalue weighted by Crippen LogP contribution is -2.51. The van der Waals surface area contributed by atoms with E-state index < -0.39 is 6.03 Å². The van der Waals surface area contributed by atoms with E-state index in [4.69, 9.17) is 4.74 Å². The number of pyridine rings is 1. The molecular formula is C23H25FN4O4. The van der Waals surface area contributed by atoms with Crippen LogP contribution in [0.1, 0.15) is 35.8 Å². The number of nitrogens with one attached hydrogen (secondary N) is 1. The van der Waals surface area contributed by atoms with Gasteiger partial charge in [-0.15, -0.1) is 0 Å². The molecule has 1 atom stereocenters. The van der Waals surface area contributed by atoms with Crippen molar-refractivity contribution in [2.75, 3.05) is 32.8 Å². The van der Waals surface area contributed by atoms with E-state index in [2.05, 4.69) is 10.3 Å². The molecule has 168 valence electrons. The van der Waals surface area contributed by atoms with Gasteiger partial charge in [0.25, 0.3) is 0 Å². The van der Waals surface area contributed by atoms with Crippen molar-refractivity contribution in [3.05, 3.63) is 65.2 Å². The summed E-state index contributed by atoms with van der Waals surface area (Å²) < 4.78 is 19.7. The summed E-state index contributed by atoms with van der Waals surface area (Å²) in [5, 5.41) is 2.61. The summed E-state index contributed by atoms with van der Waals surface area (Å²) in [5.41, 5.74) is 2.19. The van der Waals surface area contributed by atoms with Crippen LogP contribution in [0.15, 0.2) is 42.6 Å². The maximum Gasteiger partial charge on any atom is 0.324 e. The number of hydrogen-bond acceptors (Lipinski definition) is 5. The molecule has 1 unspecified atom stereocenters. The van der Waals surface area contributed by atoms with Crippen LogP contribution in [0.2, 0.25) is 0 Å². The minimum atomic E-state index is -0.450. The lowest BCUT2D eigenvalue weighted by Gasteiger charge is -2.33. The van der Waals surface area contributed by atoms with E-state index in [9.17, 15) is 18.8 Å². The van der Waals surface area contributed by atoms with E-state index in [1.165, 1.54) is 6.07 Å². The quantitative estimate of drug-likeness (QED) is 0.742. The molecule has 3 heterocycles. The molecule has 2 fully saturated rings. The molecule has 2 aliphatic rings. The van der Waals surface area contributed by atoms with E-state index >= 15 is 0 Å². The van der Waals surface area contributed by atoms with Crippen molar-refractivity contribution in [3.8, 4) is 0 Å². The summed E-state index contributed by atoms with van der Waals surface area (Å²) >= 11 is 0. The molecule has 2 aromatic rings. The number of benzene rings is 1. The van der Waals surface area contributed by atoms with Gasteiger partial charge < -0.3 is 15.0 Å². The molecule has 9 heteroatoms. The van der Waals surface area contributed by atoms with Gasteiger partial charge in [0.1, 0.15) is 11.9 Å². The fraction of sp³-hybridized carbons (Fsp3) is 0.391. The fourth-order valence-electron chi connectivity index (χ4n) is 3.86. The first-order valence-corrected chi connectivity index (χ1v) is 10.7. The van der Waals surface area contributed by atoms with Crippen LogP contribution in [-0.2, 0) is 20.7 Å². The highest BCUT2D eigenvalue weighted by molar-refractivity contribution is 5.97. The number of halogens is 1. The number of hydrogen-bond donors (Lipinski definition) is 1. The monoisotopic (exact) mass is 440 g/mol. The average Bonchev–Trinajstić information content (AvgIpc) is 2.81. The predicted molar refractivity (Wildman–Crippen MR) is 113 cm³/mol. The van der Waals surface area contributed by atoms with E-state index in [-0.39, 0.29) is 43.1 Å². The van der Waals surface area contributed by atoms with Gasteiger partial charge in [-0.1, -0.05) is 24.3 Å². The maximum atomic E-state index is 13.9. The zero-order chi connectivity index (χ0) is 22.5. The van der Waals surface area contributed by atoms with Gasteiger partial charge in [0.15, 0.2) is 0 Å². The second kappa shape index (κ2) is 9.86. The maximum absolute atomic E-state index is 13.9. The van der Waals surface area contributed by atoms with E-state index in [1.807, 2.05) is 12.1 Å². The van der Waals surface area contributed by atoms with Crippen LogP contribution in [-0.4, -0.2) is 65.4 Å². The Morgan fingerprint density at radius 3 is 2.81 bits per heavy atom. The van der Waals surface area contributed by atoms with Gasteiger partial charge in [0.2, 0.25) is 11.8 Å². The normalized spacial score (nSPS) is 19.1. The van der Waals surface area contributed by atoms with Crippen molar-refractivity contribution in [1.82, 2.24) is 20.1 Å². The molecule has 2 aliphatic heterocycles. The molecular weight excluding hydrogens is 415 g/mol. The molecule has 4 rings (SSSR count). The van der Waals surface area contributed by atoms with Gasteiger partial charge in [-0.3, -0.25) is 19.5 Å². The van der Waals surface area contributed by atoms with Crippen molar-refractivity contribution < 1.29 is 23.5 Å². The van der Waals surface area contributed by atoms with E-state index in [1.54, 1.807) is 29.3 Å².